The van der Waals surface area contributed by atoms with Crippen molar-refractivity contribution >= 4 is 0 Å². The molecule has 0 unspecified atom stereocenters. The summed E-state index contributed by atoms with van der Waals surface area (Å²) in [6.45, 7) is 12.8. The summed E-state index contributed by atoms with van der Waals surface area (Å²) in [6.07, 6.45) is 40.6. The van der Waals surface area contributed by atoms with Crippen molar-refractivity contribution < 1.29 is 5.21 Å². The Morgan fingerprint density at radius 2 is 0.927 bits per heavy atom. The molecule has 2 bridgehead atoms. The molecule has 0 aromatic rings. The van der Waals surface area contributed by atoms with Gasteiger partial charge in [0, 0.05) is 13.1 Å². The molecule has 2 heteroatoms. The number of hydrogen-bond donors (Lipinski definition) is 1. The Bertz CT molecular complexity index is 632. The second-order valence-electron chi connectivity index (χ2n) is 14.6. The Kier molecular flexibility index (Phi) is 21.2. The van der Waals surface area contributed by atoms with E-state index in [1.165, 1.54) is 185 Å². The van der Waals surface area contributed by atoms with Crippen LogP contribution >= 0.6 is 0 Å². The van der Waals surface area contributed by atoms with Crippen LogP contribution in [0, 0.1) is 11.3 Å². The van der Waals surface area contributed by atoms with Crippen LogP contribution in [0.3, 0.4) is 0 Å². The number of fused-ring (bicyclic) bond motifs is 3. The van der Waals surface area contributed by atoms with Gasteiger partial charge in [-0.05, 0) is 108 Å². The summed E-state index contributed by atoms with van der Waals surface area (Å²) >= 11 is 0. The zero-order valence-corrected chi connectivity index (χ0v) is 28.0. The summed E-state index contributed by atoms with van der Waals surface area (Å²) < 4.78 is 0. The minimum atomic E-state index is 0.661. The Labute approximate surface area is 258 Å². The fourth-order valence-electron chi connectivity index (χ4n) is 7.72. The van der Waals surface area contributed by atoms with Crippen molar-refractivity contribution in [3.8, 4) is 0 Å². The molecule has 0 amide bonds. The van der Waals surface area contributed by atoms with Crippen LogP contribution < -0.4 is 0 Å². The van der Waals surface area contributed by atoms with Gasteiger partial charge in [-0.2, -0.15) is 5.06 Å². The van der Waals surface area contributed by atoms with Crippen molar-refractivity contribution in [3.63, 3.8) is 0 Å². The maximum atomic E-state index is 10.2. The van der Waals surface area contributed by atoms with Gasteiger partial charge in [0.25, 0.3) is 0 Å². The Hall–Kier alpha value is -0.600. The van der Waals surface area contributed by atoms with E-state index in [1.807, 2.05) is 0 Å². The highest BCUT2D eigenvalue weighted by Crippen LogP contribution is 2.53. The highest BCUT2D eigenvalue weighted by Gasteiger charge is 2.40. The van der Waals surface area contributed by atoms with Crippen LogP contribution in [0.1, 0.15) is 200 Å². The Morgan fingerprint density at radius 3 is 1.37 bits per heavy atom. The fraction of sp³-hybridized carbons (Fsp3) is 0.897. The Balaban J connectivity index is 1.26. The zero-order valence-electron chi connectivity index (χ0n) is 28.0. The lowest BCUT2D eigenvalue weighted by Crippen LogP contribution is -2.34. The van der Waals surface area contributed by atoms with Gasteiger partial charge in [0.05, 0.1) is 0 Å². The summed E-state index contributed by atoms with van der Waals surface area (Å²) in [5.74, 6) is 1.07. The molecule has 3 saturated carbocycles. The van der Waals surface area contributed by atoms with Crippen molar-refractivity contribution in [2.24, 2.45) is 11.3 Å². The molecule has 0 spiro atoms. The molecule has 3 aliphatic carbocycles. The third kappa shape index (κ3) is 18.6. The second kappa shape index (κ2) is 23.8. The molecule has 0 atom stereocenters. The van der Waals surface area contributed by atoms with Gasteiger partial charge in [-0.15, -0.1) is 0 Å². The van der Waals surface area contributed by atoms with E-state index in [1.54, 1.807) is 10.6 Å². The Morgan fingerprint density at radius 1 is 0.561 bits per heavy atom. The highest BCUT2D eigenvalue weighted by atomic mass is 16.5. The third-order valence-corrected chi connectivity index (χ3v) is 10.7. The first kappa shape index (κ1) is 36.6. The molecular formula is C39H73NO. The largest absolute Gasteiger partial charge is 0.314 e. The van der Waals surface area contributed by atoms with Crippen LogP contribution in [0.15, 0.2) is 24.3 Å². The molecule has 0 aliphatic heterocycles. The van der Waals surface area contributed by atoms with E-state index in [0.717, 1.165) is 31.8 Å². The lowest BCUT2D eigenvalue weighted by atomic mass is 9.58. The fourth-order valence-corrected chi connectivity index (χ4v) is 7.72. The van der Waals surface area contributed by atoms with Gasteiger partial charge < -0.3 is 5.21 Å². The quantitative estimate of drug-likeness (QED) is 0.0548. The number of unbranched alkanes of at least 4 members (excludes halogenated alkanes) is 17. The predicted molar refractivity (Wildman–Crippen MR) is 182 cm³/mol. The molecule has 41 heavy (non-hydrogen) atoms. The van der Waals surface area contributed by atoms with Crippen molar-refractivity contribution in [1.82, 2.24) is 5.06 Å². The smallest absolute Gasteiger partial charge is 0.0238 e. The van der Waals surface area contributed by atoms with Crippen LogP contribution in [0.4, 0.5) is 0 Å². The van der Waals surface area contributed by atoms with Gasteiger partial charge in [0.1, 0.15) is 0 Å². The summed E-state index contributed by atoms with van der Waals surface area (Å²) in [5, 5.41) is 11.8. The molecular weight excluding hydrogens is 498 g/mol. The van der Waals surface area contributed by atoms with Crippen LogP contribution in [0.25, 0.3) is 0 Å². The number of hydroxylamine groups is 2. The molecule has 0 radical (unpaired) electrons. The average molecular weight is 572 g/mol. The van der Waals surface area contributed by atoms with E-state index in [2.05, 4.69) is 20.1 Å². The maximum Gasteiger partial charge on any atom is 0.0238 e. The molecule has 3 fully saturated rings. The SMILES string of the molecule is C=C(CCCCCCCCCC)CCCCCCCN(O)CCCCCCCCCC(=C)CC12CCC(CC1)CC2. The minimum Gasteiger partial charge on any atom is -0.314 e. The molecule has 3 aliphatic rings. The highest BCUT2D eigenvalue weighted by molar-refractivity contribution is 5.04. The monoisotopic (exact) mass is 572 g/mol. The third-order valence-electron chi connectivity index (χ3n) is 10.7. The van der Waals surface area contributed by atoms with E-state index in [9.17, 15) is 5.21 Å². The summed E-state index contributed by atoms with van der Waals surface area (Å²) in [7, 11) is 0. The van der Waals surface area contributed by atoms with Crippen LogP contribution in [0.5, 0.6) is 0 Å². The molecule has 2 nitrogen and oxygen atoms in total. The lowest BCUT2D eigenvalue weighted by Gasteiger charge is -2.47. The molecule has 1 N–H and O–H groups in total. The van der Waals surface area contributed by atoms with E-state index in [-0.39, 0.29) is 0 Å². The number of nitrogens with zero attached hydrogens (tertiary/aromatic N) is 1. The standard InChI is InChI=1S/C39H73NO/c1-4-5-6-7-8-10-14-19-24-36(2)25-20-16-13-18-23-34-40(41)33-22-17-12-9-11-15-21-26-37(3)35-39-30-27-38(28-31-39)29-32-39/h38,41H,2-35H2,1H3. The molecule has 0 heterocycles. The van der Waals surface area contributed by atoms with Gasteiger partial charge in [0.15, 0.2) is 0 Å². The average Bonchev–Trinajstić information content (AvgIpc) is 2.97. The number of rotatable bonds is 29. The molecule has 240 valence electrons. The normalized spacial score (nSPS) is 20.2. The van der Waals surface area contributed by atoms with Crippen LogP contribution in [-0.4, -0.2) is 23.4 Å². The van der Waals surface area contributed by atoms with Crippen molar-refractivity contribution in [2.75, 3.05) is 13.1 Å². The zero-order chi connectivity index (χ0) is 29.4. The molecule has 0 aromatic heterocycles. The summed E-state index contributed by atoms with van der Waals surface area (Å²) in [6, 6.07) is 0. The lowest BCUT2D eigenvalue weighted by molar-refractivity contribution is -0.0925. The van der Waals surface area contributed by atoms with Gasteiger partial charge in [-0.1, -0.05) is 128 Å². The topological polar surface area (TPSA) is 23.5 Å². The predicted octanol–water partition coefficient (Wildman–Crippen LogP) is 13.1. The first-order valence-electron chi connectivity index (χ1n) is 18.8. The van der Waals surface area contributed by atoms with Gasteiger partial charge >= 0.3 is 0 Å². The summed E-state index contributed by atoms with van der Waals surface area (Å²) in [5.41, 5.74) is 3.68. The number of hydrogen-bond acceptors (Lipinski definition) is 2. The second-order valence-corrected chi connectivity index (χ2v) is 14.6. The van der Waals surface area contributed by atoms with Crippen molar-refractivity contribution in [3.05, 3.63) is 24.3 Å². The number of allylic oxidation sites excluding steroid dienone is 2. The first-order valence-corrected chi connectivity index (χ1v) is 18.8. The van der Waals surface area contributed by atoms with Crippen molar-refractivity contribution in [1.29, 1.82) is 0 Å². The van der Waals surface area contributed by atoms with E-state index in [0.29, 0.717) is 5.41 Å². The minimum absolute atomic E-state index is 0.661. The molecule has 3 rings (SSSR count). The van der Waals surface area contributed by atoms with Crippen molar-refractivity contribution in [2.45, 2.75) is 200 Å². The van der Waals surface area contributed by atoms with E-state index < -0.39 is 0 Å². The van der Waals surface area contributed by atoms with E-state index in [4.69, 9.17) is 0 Å². The molecule has 0 aromatic carbocycles. The maximum absolute atomic E-state index is 10.2. The first-order chi connectivity index (χ1) is 20.0. The molecule has 0 saturated heterocycles. The van der Waals surface area contributed by atoms with Gasteiger partial charge in [-0.25, -0.2) is 0 Å². The van der Waals surface area contributed by atoms with Crippen LogP contribution in [0.2, 0.25) is 0 Å². The van der Waals surface area contributed by atoms with Gasteiger partial charge in [-0.3, -0.25) is 0 Å². The van der Waals surface area contributed by atoms with Gasteiger partial charge in [0.2, 0.25) is 0 Å². The summed E-state index contributed by atoms with van der Waals surface area (Å²) in [4.78, 5) is 0. The van der Waals surface area contributed by atoms with E-state index >= 15 is 0 Å². The van der Waals surface area contributed by atoms with Crippen LogP contribution in [-0.2, 0) is 0 Å².